The van der Waals surface area contributed by atoms with Gasteiger partial charge in [-0.25, -0.2) is 0 Å². The van der Waals surface area contributed by atoms with Crippen molar-refractivity contribution in [1.82, 2.24) is 5.32 Å². The quantitative estimate of drug-likeness (QED) is 0.0320. The molecule has 0 heterocycles. The number of hydrogen-bond acceptors (Lipinski definition) is 5. The maximum Gasteiger partial charge on any atom is 0.305 e. The number of carbonyl (C=O) groups is 2. The first-order chi connectivity index (χ1) is 40.5. The first kappa shape index (κ1) is 80.1. The van der Waals surface area contributed by atoms with Crippen molar-refractivity contribution < 1.29 is 24.5 Å². The van der Waals surface area contributed by atoms with Crippen molar-refractivity contribution in [2.24, 2.45) is 0 Å². The molecule has 0 aromatic rings. The highest BCUT2D eigenvalue weighted by Crippen LogP contribution is 2.19. The molecule has 3 N–H and O–H groups in total. The molecule has 0 aliphatic carbocycles. The zero-order valence-corrected chi connectivity index (χ0v) is 55.5. The van der Waals surface area contributed by atoms with Crippen LogP contribution < -0.4 is 5.32 Å². The second-order valence-electron chi connectivity index (χ2n) is 25.6. The van der Waals surface area contributed by atoms with Crippen LogP contribution in [0.3, 0.4) is 0 Å². The number of rotatable bonds is 70. The molecule has 0 aliphatic heterocycles. The van der Waals surface area contributed by atoms with E-state index < -0.39 is 12.1 Å². The van der Waals surface area contributed by atoms with Gasteiger partial charge >= 0.3 is 5.97 Å². The zero-order chi connectivity index (χ0) is 59.2. The van der Waals surface area contributed by atoms with Gasteiger partial charge < -0.3 is 20.3 Å². The summed E-state index contributed by atoms with van der Waals surface area (Å²) in [5.74, 6) is -0.0507. The Hall–Kier alpha value is -1.92. The molecule has 0 spiro atoms. The van der Waals surface area contributed by atoms with Crippen LogP contribution in [0, 0.1) is 0 Å². The summed E-state index contributed by atoms with van der Waals surface area (Å²) in [5, 5.41) is 23.3. The molecule has 2 unspecified atom stereocenters. The van der Waals surface area contributed by atoms with Crippen LogP contribution >= 0.6 is 0 Å². The van der Waals surface area contributed by atoms with Crippen molar-refractivity contribution in [1.29, 1.82) is 0 Å². The van der Waals surface area contributed by atoms with Gasteiger partial charge in [0.2, 0.25) is 5.91 Å². The predicted molar refractivity (Wildman–Crippen MR) is 361 cm³/mol. The smallest absolute Gasteiger partial charge is 0.305 e. The molecule has 0 aromatic heterocycles. The molecule has 82 heavy (non-hydrogen) atoms. The van der Waals surface area contributed by atoms with Crippen LogP contribution in [0.2, 0.25) is 0 Å². The molecule has 0 fully saturated rings. The number of hydrogen-bond donors (Lipinski definition) is 3. The SMILES string of the molecule is CCCCC/C=C\C/C=C\CCCCCCCCCCCC(=O)OCCCCCCCCCCCCCCCCCCCCCCCCCCC(=O)NC(CO)C(O)/C=C/CCCCCCCCCCCCCCCCCCCCCC. The monoisotopic (exact) mass is 1150 g/mol. The van der Waals surface area contributed by atoms with Crippen molar-refractivity contribution >= 4 is 11.9 Å². The van der Waals surface area contributed by atoms with E-state index in [1.807, 2.05) is 6.08 Å². The van der Waals surface area contributed by atoms with Gasteiger partial charge in [0.05, 0.1) is 25.4 Å². The minimum atomic E-state index is -0.845. The van der Waals surface area contributed by atoms with Gasteiger partial charge in [0.15, 0.2) is 0 Å². The number of nitrogens with one attached hydrogen (secondary N) is 1. The van der Waals surface area contributed by atoms with E-state index in [0.717, 1.165) is 51.4 Å². The van der Waals surface area contributed by atoms with Gasteiger partial charge in [-0.15, -0.1) is 0 Å². The van der Waals surface area contributed by atoms with Crippen LogP contribution in [0.25, 0.3) is 0 Å². The Labute approximate surface area is 513 Å². The minimum absolute atomic E-state index is 0.0120. The van der Waals surface area contributed by atoms with Gasteiger partial charge in [-0.1, -0.05) is 371 Å². The number of unbranched alkanes of at least 4 members (excludes halogenated alkanes) is 55. The summed E-state index contributed by atoms with van der Waals surface area (Å²) in [4.78, 5) is 24.7. The summed E-state index contributed by atoms with van der Waals surface area (Å²) >= 11 is 0. The summed E-state index contributed by atoms with van der Waals surface area (Å²) in [6, 6.07) is -0.629. The highest BCUT2D eigenvalue weighted by Gasteiger charge is 2.18. The Bertz CT molecular complexity index is 1330. The summed E-state index contributed by atoms with van der Waals surface area (Å²) in [7, 11) is 0. The Kier molecular flexibility index (Phi) is 69.9. The van der Waals surface area contributed by atoms with Gasteiger partial charge in [-0.2, -0.15) is 0 Å². The first-order valence-corrected chi connectivity index (χ1v) is 37.3. The van der Waals surface area contributed by atoms with E-state index in [0.29, 0.717) is 19.4 Å². The number of ether oxygens (including phenoxy) is 1. The maximum atomic E-state index is 12.5. The lowest BCUT2D eigenvalue weighted by molar-refractivity contribution is -0.143. The minimum Gasteiger partial charge on any atom is -0.466 e. The van der Waals surface area contributed by atoms with Gasteiger partial charge in [-0.05, 0) is 64.2 Å². The lowest BCUT2D eigenvalue weighted by Crippen LogP contribution is -2.45. The molecule has 6 nitrogen and oxygen atoms in total. The fraction of sp³-hybridized carbons (Fsp3) is 0.895. The molecule has 6 heteroatoms. The summed E-state index contributed by atoms with van der Waals surface area (Å²) in [5.41, 5.74) is 0. The molecular weight excluding hydrogens is 1010 g/mol. The third-order valence-corrected chi connectivity index (χ3v) is 17.4. The standard InChI is InChI=1S/C76H145NO5/c1-3-5-7-9-11-13-15-17-19-21-23-24-29-33-36-40-44-48-52-56-60-64-68-74(79)73(72-78)77-75(80)69-65-61-57-53-49-45-41-37-34-30-27-25-26-28-31-35-39-43-47-51-55-59-63-67-71-82-76(81)70-66-62-58-54-50-46-42-38-32-22-20-18-16-14-12-10-8-6-4-2/h12,14,18,20,64,68,73-74,78-79H,3-11,13,15-17,19,21-63,65-67,69-72H2,1-2H3,(H,77,80)/b14-12-,20-18-,68-64+. The van der Waals surface area contributed by atoms with Crippen LogP contribution in [-0.2, 0) is 14.3 Å². The molecular formula is C76H145NO5. The highest BCUT2D eigenvalue weighted by molar-refractivity contribution is 5.76. The Balaban J connectivity index is 3.38. The third kappa shape index (κ3) is 67.2. The van der Waals surface area contributed by atoms with Crippen molar-refractivity contribution in [2.75, 3.05) is 13.2 Å². The molecule has 0 aromatic carbocycles. The Morgan fingerprint density at radius 1 is 0.341 bits per heavy atom. The zero-order valence-electron chi connectivity index (χ0n) is 55.5. The highest BCUT2D eigenvalue weighted by atomic mass is 16.5. The topological polar surface area (TPSA) is 95.9 Å². The Morgan fingerprint density at radius 2 is 0.610 bits per heavy atom. The molecule has 0 saturated carbocycles. The second-order valence-corrected chi connectivity index (χ2v) is 25.6. The maximum absolute atomic E-state index is 12.5. The normalized spacial score (nSPS) is 12.7. The van der Waals surface area contributed by atoms with Crippen molar-refractivity contribution in [3.63, 3.8) is 0 Å². The molecule has 0 aliphatic rings. The van der Waals surface area contributed by atoms with E-state index in [9.17, 15) is 19.8 Å². The van der Waals surface area contributed by atoms with Crippen molar-refractivity contribution in [3.8, 4) is 0 Å². The molecule has 0 bridgehead atoms. The van der Waals surface area contributed by atoms with Crippen LogP contribution in [0.1, 0.15) is 412 Å². The average molecular weight is 1150 g/mol. The molecule has 2 atom stereocenters. The number of aliphatic hydroxyl groups excluding tert-OH is 2. The fourth-order valence-corrected chi connectivity index (χ4v) is 11.7. The predicted octanol–water partition coefficient (Wildman–Crippen LogP) is 24.3. The number of allylic oxidation sites excluding steroid dienone is 5. The summed E-state index contributed by atoms with van der Waals surface area (Å²) in [6.07, 6.45) is 92.3. The largest absolute Gasteiger partial charge is 0.466 e. The van der Waals surface area contributed by atoms with Gasteiger partial charge in [0.25, 0.3) is 0 Å². The lowest BCUT2D eigenvalue weighted by Gasteiger charge is -2.20. The number of esters is 1. The molecule has 484 valence electrons. The number of aliphatic hydroxyl groups is 2. The van der Waals surface area contributed by atoms with Crippen LogP contribution in [0.4, 0.5) is 0 Å². The van der Waals surface area contributed by atoms with E-state index in [2.05, 4.69) is 43.5 Å². The van der Waals surface area contributed by atoms with E-state index in [1.54, 1.807) is 6.08 Å². The number of carbonyl (C=O) groups excluding carboxylic acids is 2. The summed E-state index contributed by atoms with van der Waals surface area (Å²) < 4.78 is 5.51. The van der Waals surface area contributed by atoms with Gasteiger partial charge in [-0.3, -0.25) is 9.59 Å². The van der Waals surface area contributed by atoms with Crippen molar-refractivity contribution in [3.05, 3.63) is 36.5 Å². The first-order valence-electron chi connectivity index (χ1n) is 37.3. The van der Waals surface area contributed by atoms with Crippen LogP contribution in [0.5, 0.6) is 0 Å². The molecule has 0 radical (unpaired) electrons. The van der Waals surface area contributed by atoms with E-state index in [4.69, 9.17) is 4.74 Å². The van der Waals surface area contributed by atoms with Gasteiger partial charge in [0, 0.05) is 12.8 Å². The van der Waals surface area contributed by atoms with Crippen LogP contribution in [0.15, 0.2) is 36.5 Å². The van der Waals surface area contributed by atoms with Crippen LogP contribution in [-0.4, -0.2) is 47.4 Å². The third-order valence-electron chi connectivity index (χ3n) is 17.4. The van der Waals surface area contributed by atoms with E-state index >= 15 is 0 Å². The summed E-state index contributed by atoms with van der Waals surface area (Å²) in [6.45, 7) is 4.92. The average Bonchev–Trinajstić information content (AvgIpc) is 3.48. The van der Waals surface area contributed by atoms with E-state index in [1.165, 1.54) is 334 Å². The molecule has 1 amide bonds. The van der Waals surface area contributed by atoms with Gasteiger partial charge in [0.1, 0.15) is 0 Å². The van der Waals surface area contributed by atoms with Crippen molar-refractivity contribution in [2.45, 2.75) is 424 Å². The van der Waals surface area contributed by atoms with E-state index in [-0.39, 0.29) is 18.5 Å². The molecule has 0 rings (SSSR count). The second kappa shape index (κ2) is 71.6. The lowest BCUT2D eigenvalue weighted by atomic mass is 10.0. The Morgan fingerprint density at radius 3 is 0.951 bits per heavy atom. The number of amides is 1. The fourth-order valence-electron chi connectivity index (χ4n) is 11.7. The molecule has 0 saturated heterocycles.